The van der Waals surface area contributed by atoms with E-state index < -0.39 is 5.97 Å². The second kappa shape index (κ2) is 7.75. The van der Waals surface area contributed by atoms with E-state index in [0.29, 0.717) is 11.5 Å². The fourth-order valence-electron chi connectivity index (χ4n) is 2.67. The number of carbonyl (C=O) groups is 1. The summed E-state index contributed by atoms with van der Waals surface area (Å²) in [7, 11) is 0. The fraction of sp³-hybridized carbons (Fsp3) is 0.0455. The second-order valence-corrected chi connectivity index (χ2v) is 6.07. The molecule has 0 radical (unpaired) electrons. The summed E-state index contributed by atoms with van der Waals surface area (Å²) < 4.78 is 10.8. The lowest BCUT2D eigenvalue weighted by Crippen LogP contribution is -2.05. The number of carbonyl (C=O) groups excluding carboxylic acids is 1. The van der Waals surface area contributed by atoms with Crippen LogP contribution in [0.2, 0.25) is 0 Å². The molecule has 0 saturated heterocycles. The predicted molar refractivity (Wildman–Crippen MR) is 102 cm³/mol. The van der Waals surface area contributed by atoms with Gasteiger partial charge >= 0.3 is 5.97 Å². The minimum atomic E-state index is -0.475. The van der Waals surface area contributed by atoms with Gasteiger partial charge in [-0.15, -0.1) is 10.2 Å². The number of phenolic OH excluding ortho intramolecular Hbond substituents is 1. The lowest BCUT2D eigenvalue weighted by atomic mass is 10.0. The van der Waals surface area contributed by atoms with Crippen molar-refractivity contribution in [2.24, 2.45) is 0 Å². The fourth-order valence-corrected chi connectivity index (χ4v) is 2.67. The number of ether oxygens (including phenoxy) is 1. The highest BCUT2D eigenvalue weighted by atomic mass is 16.5. The van der Waals surface area contributed by atoms with Crippen LogP contribution >= 0.6 is 0 Å². The molecule has 6 nitrogen and oxygen atoms in total. The molecule has 0 atom stereocenters. The van der Waals surface area contributed by atoms with E-state index in [1.54, 1.807) is 24.3 Å². The Labute approximate surface area is 161 Å². The molecule has 28 heavy (non-hydrogen) atoms. The van der Waals surface area contributed by atoms with Gasteiger partial charge in [-0.25, -0.2) is 4.79 Å². The van der Waals surface area contributed by atoms with E-state index in [9.17, 15) is 9.90 Å². The van der Waals surface area contributed by atoms with Crippen molar-refractivity contribution in [2.75, 3.05) is 0 Å². The summed E-state index contributed by atoms with van der Waals surface area (Å²) in [6, 6.07) is 23.2. The third kappa shape index (κ3) is 3.91. The van der Waals surface area contributed by atoms with Gasteiger partial charge in [0.15, 0.2) is 6.61 Å². The summed E-state index contributed by atoms with van der Waals surface area (Å²) in [6.45, 7) is -0.0988. The van der Waals surface area contributed by atoms with Crippen LogP contribution in [0.15, 0.2) is 83.3 Å². The number of hydrogen-bond donors (Lipinski definition) is 1. The Morgan fingerprint density at radius 2 is 1.46 bits per heavy atom. The van der Waals surface area contributed by atoms with Crippen molar-refractivity contribution in [3.05, 3.63) is 90.3 Å². The molecule has 4 aromatic rings. The zero-order valence-electron chi connectivity index (χ0n) is 14.8. The Kier molecular flexibility index (Phi) is 4.84. The molecule has 1 aromatic heterocycles. The quantitative estimate of drug-likeness (QED) is 0.520. The first-order valence-corrected chi connectivity index (χ1v) is 8.63. The highest BCUT2D eigenvalue weighted by molar-refractivity contribution is 5.90. The van der Waals surface area contributed by atoms with Crippen LogP contribution in [0.3, 0.4) is 0 Å². The van der Waals surface area contributed by atoms with Gasteiger partial charge in [-0.1, -0.05) is 42.5 Å². The summed E-state index contributed by atoms with van der Waals surface area (Å²) in [6.07, 6.45) is 0. The van der Waals surface area contributed by atoms with Gasteiger partial charge in [0.1, 0.15) is 5.75 Å². The number of aromatic nitrogens is 2. The van der Waals surface area contributed by atoms with Crippen molar-refractivity contribution in [3.8, 4) is 28.3 Å². The van der Waals surface area contributed by atoms with Crippen LogP contribution in [0.4, 0.5) is 0 Å². The number of benzene rings is 3. The zero-order valence-corrected chi connectivity index (χ0v) is 14.8. The maximum Gasteiger partial charge on any atom is 0.338 e. The largest absolute Gasteiger partial charge is 0.508 e. The van der Waals surface area contributed by atoms with Gasteiger partial charge in [0.25, 0.3) is 5.89 Å². The number of phenols is 1. The smallest absolute Gasteiger partial charge is 0.338 e. The van der Waals surface area contributed by atoms with E-state index in [-0.39, 0.29) is 18.2 Å². The van der Waals surface area contributed by atoms with E-state index in [4.69, 9.17) is 9.15 Å². The minimum Gasteiger partial charge on any atom is -0.508 e. The Hall–Kier alpha value is -3.93. The van der Waals surface area contributed by atoms with Gasteiger partial charge in [0.05, 0.1) is 5.56 Å². The van der Waals surface area contributed by atoms with Crippen molar-refractivity contribution < 1.29 is 19.1 Å². The van der Waals surface area contributed by atoms with Crippen LogP contribution in [0.25, 0.3) is 22.6 Å². The molecule has 3 aromatic carbocycles. The molecule has 0 aliphatic carbocycles. The lowest BCUT2D eigenvalue weighted by molar-refractivity contribution is 0.0438. The van der Waals surface area contributed by atoms with E-state index in [1.165, 1.54) is 0 Å². The molecule has 1 N–H and O–H groups in total. The molecule has 0 spiro atoms. The summed E-state index contributed by atoms with van der Waals surface area (Å²) in [4.78, 5) is 12.2. The van der Waals surface area contributed by atoms with Crippen LogP contribution in [0.5, 0.6) is 5.75 Å². The first-order valence-electron chi connectivity index (χ1n) is 8.63. The number of esters is 1. The van der Waals surface area contributed by atoms with Crippen molar-refractivity contribution >= 4 is 5.97 Å². The molecule has 0 amide bonds. The van der Waals surface area contributed by atoms with Gasteiger partial charge < -0.3 is 14.3 Å². The van der Waals surface area contributed by atoms with E-state index in [1.807, 2.05) is 54.6 Å². The summed E-state index contributed by atoms with van der Waals surface area (Å²) in [5, 5.41) is 17.2. The average Bonchev–Trinajstić information content (AvgIpc) is 3.22. The molecular weight excluding hydrogens is 356 g/mol. The molecular formula is C22H16N2O4. The van der Waals surface area contributed by atoms with Crippen molar-refractivity contribution in [1.29, 1.82) is 0 Å². The standard InChI is InChI=1S/C22H16N2O4/c25-19-12-10-16(11-13-19)15-6-8-18(9-7-15)22(26)27-14-20-23-24-21(28-20)17-4-2-1-3-5-17/h1-13,25H,14H2. The highest BCUT2D eigenvalue weighted by Crippen LogP contribution is 2.22. The summed E-state index contributed by atoms with van der Waals surface area (Å²) >= 11 is 0. The van der Waals surface area contributed by atoms with Gasteiger partial charge in [0, 0.05) is 5.56 Å². The van der Waals surface area contributed by atoms with E-state index >= 15 is 0 Å². The van der Waals surface area contributed by atoms with Crippen LogP contribution in [0, 0.1) is 0 Å². The number of hydrogen-bond acceptors (Lipinski definition) is 6. The Morgan fingerprint density at radius 1 is 0.821 bits per heavy atom. The Balaban J connectivity index is 1.39. The van der Waals surface area contributed by atoms with Gasteiger partial charge in [-0.2, -0.15) is 0 Å². The second-order valence-electron chi connectivity index (χ2n) is 6.07. The van der Waals surface area contributed by atoms with Gasteiger partial charge in [-0.05, 0) is 47.5 Å². The molecule has 0 unspecified atom stereocenters. The lowest BCUT2D eigenvalue weighted by Gasteiger charge is -2.05. The molecule has 1 heterocycles. The van der Waals surface area contributed by atoms with Crippen molar-refractivity contribution in [2.45, 2.75) is 6.61 Å². The topological polar surface area (TPSA) is 85.5 Å². The monoisotopic (exact) mass is 372 g/mol. The van der Waals surface area contributed by atoms with Crippen molar-refractivity contribution in [3.63, 3.8) is 0 Å². The molecule has 0 fully saturated rings. The maximum atomic E-state index is 12.2. The molecule has 0 bridgehead atoms. The van der Waals surface area contributed by atoms with Gasteiger partial charge in [-0.3, -0.25) is 0 Å². The van der Waals surface area contributed by atoms with E-state index in [0.717, 1.165) is 16.7 Å². The molecule has 138 valence electrons. The molecule has 0 aliphatic rings. The van der Waals surface area contributed by atoms with E-state index in [2.05, 4.69) is 10.2 Å². The molecule has 6 heteroatoms. The summed E-state index contributed by atoms with van der Waals surface area (Å²) in [5.41, 5.74) is 3.10. The van der Waals surface area contributed by atoms with Crippen LogP contribution in [-0.2, 0) is 11.3 Å². The van der Waals surface area contributed by atoms with Crippen LogP contribution in [-0.4, -0.2) is 21.3 Å². The number of rotatable bonds is 5. The van der Waals surface area contributed by atoms with Crippen molar-refractivity contribution in [1.82, 2.24) is 10.2 Å². The molecule has 4 rings (SSSR count). The Bertz CT molecular complexity index is 1070. The Morgan fingerprint density at radius 3 is 2.14 bits per heavy atom. The first-order chi connectivity index (χ1) is 13.7. The molecule has 0 aliphatic heterocycles. The molecule has 0 saturated carbocycles. The van der Waals surface area contributed by atoms with Crippen LogP contribution in [0.1, 0.15) is 16.2 Å². The number of nitrogens with zero attached hydrogens (tertiary/aromatic N) is 2. The average molecular weight is 372 g/mol. The normalized spacial score (nSPS) is 10.6. The SMILES string of the molecule is O=C(OCc1nnc(-c2ccccc2)o1)c1ccc(-c2ccc(O)cc2)cc1. The third-order valence-electron chi connectivity index (χ3n) is 4.14. The number of aromatic hydroxyl groups is 1. The maximum absolute atomic E-state index is 12.2. The summed E-state index contributed by atoms with van der Waals surface area (Å²) in [5.74, 6) is 0.343. The zero-order chi connectivity index (χ0) is 19.3. The third-order valence-corrected chi connectivity index (χ3v) is 4.14. The minimum absolute atomic E-state index is 0.0988. The first kappa shape index (κ1) is 17.5. The van der Waals surface area contributed by atoms with Gasteiger partial charge in [0.2, 0.25) is 5.89 Å². The predicted octanol–water partition coefficient (Wildman–Crippen LogP) is 4.47. The van der Waals surface area contributed by atoms with Crippen LogP contribution < -0.4 is 0 Å². The highest BCUT2D eigenvalue weighted by Gasteiger charge is 2.12.